The summed E-state index contributed by atoms with van der Waals surface area (Å²) in [4.78, 5) is 26.5. The molecule has 108 heavy (non-hydrogen) atoms. The summed E-state index contributed by atoms with van der Waals surface area (Å²) in [6, 6.07) is 102. The van der Waals surface area contributed by atoms with Crippen molar-refractivity contribution in [2.45, 2.75) is 46.3 Å². The third-order valence-electron chi connectivity index (χ3n) is 20.1. The Morgan fingerprint density at radius 3 is 0.889 bits per heavy atom. The summed E-state index contributed by atoms with van der Waals surface area (Å²) in [5, 5.41) is 10.6. The number of benzene rings is 13. The standard InChI is InChI=1S/C49H30N2OS.C24H24BNO2.C13H6Br2OS.CH4.H11P9/c52-49-41-29-33(31-17-23-35(24-18-31)50-43-13-5-1-9-37(43)38-10-2-6-14-44(38)50)21-27-47(41)53-48-28-22-34(30-42(48)49)32-19-25-36(26-20-32)51-45-15-7-3-11-39(45)40-12-4-8-16-46(40)51;1-23(2)24(3,4)28-25(27-23)17-13-15-18(16-14-17)26-21-11-7-5-9-19(21)20-10-6-8-12-22(20)26;14-7-1-3-11-9(5-7)13(16)10-6-8(15)2-4-12(10)17-11;;1-6-9(7(2)3)8(4)5/h1-30H;5-16H,1-4H3;1-6H;1H4;6H,1-5H2. The molecule has 6 unspecified atom stereocenters. The topological polar surface area (TPSA) is 67.4 Å². The Balaban J connectivity index is 0.000000140. The number of para-hydroxylation sites is 6. The molecule has 0 amide bonds. The second kappa shape index (κ2) is 32.5. The molecule has 18 aromatic rings. The lowest BCUT2D eigenvalue weighted by Gasteiger charge is -2.32. The van der Waals surface area contributed by atoms with Crippen molar-refractivity contribution in [3.05, 3.63) is 321 Å². The molecule has 0 aliphatic carbocycles. The maximum atomic E-state index is 14.2. The SMILES string of the molecule is C.CC1(C)OB(c2ccc(-n3c4ccccc4c4ccccc43)cc2)OC1(C)C.O=c1c2cc(-c3ccc(-n4c5ccccc5c5ccccc54)cc3)ccc2sc2ccc(-c3ccc(-n4c5ccccc5c5ccccc54)cc3)cc12.O=c1c2cc(Br)ccc2sc2ccc(Br)cc12.PPP(P(P)P)P(P)P. The highest BCUT2D eigenvalue weighted by Crippen LogP contribution is 3.04. The zero-order chi connectivity index (χ0) is 74.0. The van der Waals surface area contributed by atoms with Crippen molar-refractivity contribution in [3.8, 4) is 39.3 Å². The number of hydrogen-bond donors (Lipinski definition) is 0. The molecule has 0 spiro atoms. The summed E-state index contributed by atoms with van der Waals surface area (Å²) in [5.74, 6) is 0. The van der Waals surface area contributed by atoms with Crippen molar-refractivity contribution in [1.82, 2.24) is 13.7 Å². The van der Waals surface area contributed by atoms with Gasteiger partial charge in [-0.05, 0) is 210 Å². The van der Waals surface area contributed by atoms with Gasteiger partial charge in [-0.3, -0.25) is 9.59 Å². The van der Waals surface area contributed by atoms with E-state index in [4.69, 9.17) is 9.31 Å². The zero-order valence-electron chi connectivity index (χ0n) is 58.6. The highest BCUT2D eigenvalue weighted by atomic mass is 79.9. The average Bonchev–Trinajstić information content (AvgIpc) is 1.44. The summed E-state index contributed by atoms with van der Waals surface area (Å²) in [5.41, 5.74) is 15.3. The van der Waals surface area contributed by atoms with E-state index in [-0.39, 0.29) is 50.6 Å². The molecule has 5 aromatic heterocycles. The maximum Gasteiger partial charge on any atom is 0.494 e. The Morgan fingerprint density at radius 2 is 0.611 bits per heavy atom. The van der Waals surface area contributed by atoms with E-state index in [1.54, 1.807) is 22.7 Å². The van der Waals surface area contributed by atoms with Gasteiger partial charge in [0.25, 0.3) is 0 Å². The minimum Gasteiger partial charge on any atom is -0.399 e. The van der Waals surface area contributed by atoms with Crippen LogP contribution in [0.25, 0.3) is 145 Å². The van der Waals surface area contributed by atoms with Gasteiger partial charge in [-0.2, -0.15) is 0 Å². The molecule has 1 aliphatic heterocycles. The monoisotopic (exact) mass is 1740 g/mol. The lowest BCUT2D eigenvalue weighted by atomic mass is 9.79. The van der Waals surface area contributed by atoms with Gasteiger partial charge < -0.3 is 23.0 Å². The van der Waals surface area contributed by atoms with E-state index in [2.05, 4.69) is 373 Å². The van der Waals surface area contributed by atoms with Gasteiger partial charge >= 0.3 is 7.12 Å². The van der Waals surface area contributed by atoms with Crippen molar-refractivity contribution >= 4 is 246 Å². The first-order chi connectivity index (χ1) is 51.8. The summed E-state index contributed by atoms with van der Waals surface area (Å²) in [6.45, 7) is 8.97. The van der Waals surface area contributed by atoms with Gasteiger partial charge in [0, 0.05) is 98.7 Å². The van der Waals surface area contributed by atoms with Crippen LogP contribution in [0, 0.1) is 0 Å². The summed E-state index contributed by atoms with van der Waals surface area (Å²) in [7, 11) is 15.3. The van der Waals surface area contributed by atoms with Crippen LogP contribution in [0.1, 0.15) is 35.1 Å². The fourth-order valence-corrected chi connectivity index (χ4v) is 78.2. The lowest BCUT2D eigenvalue weighted by Crippen LogP contribution is -2.41. The molecule has 0 radical (unpaired) electrons. The molecule has 7 nitrogen and oxygen atoms in total. The quantitative estimate of drug-likeness (QED) is 0.0820. The molecule has 0 N–H and O–H groups in total. The number of nitrogens with zero attached hydrogens (tertiary/aromatic N) is 3. The molecule has 0 saturated carbocycles. The van der Waals surface area contributed by atoms with Gasteiger partial charge in [0.2, 0.25) is 0 Å². The molecule has 6 atom stereocenters. The minimum absolute atomic E-state index is 0. The Hall–Kier alpha value is -6.15. The Bertz CT molecular complexity index is 6130. The van der Waals surface area contributed by atoms with Crippen molar-refractivity contribution in [1.29, 1.82) is 0 Å². The van der Waals surface area contributed by atoms with Crippen LogP contribution in [-0.2, 0) is 9.31 Å². The highest BCUT2D eigenvalue weighted by molar-refractivity contribution is 9.11. The first kappa shape index (κ1) is 77.2. The summed E-state index contributed by atoms with van der Waals surface area (Å²) >= 11 is 10.1. The van der Waals surface area contributed by atoms with E-state index < -0.39 is 0 Å². The van der Waals surface area contributed by atoms with Gasteiger partial charge in [0.1, 0.15) is 0 Å². The fourth-order valence-electron chi connectivity index (χ4n) is 14.2. The van der Waals surface area contributed by atoms with Crippen LogP contribution in [0.15, 0.2) is 310 Å². The van der Waals surface area contributed by atoms with Crippen LogP contribution in [-0.4, -0.2) is 32.0 Å². The lowest BCUT2D eigenvalue weighted by molar-refractivity contribution is 0.00578. The predicted molar refractivity (Wildman–Crippen MR) is 507 cm³/mol. The van der Waals surface area contributed by atoms with Crippen molar-refractivity contribution in [2.75, 3.05) is 0 Å². The third-order valence-corrected chi connectivity index (χ3v) is 67.7. The van der Waals surface area contributed by atoms with Gasteiger partial charge in [-0.15, -0.1) is 67.3 Å². The van der Waals surface area contributed by atoms with E-state index in [9.17, 15) is 9.59 Å². The third kappa shape index (κ3) is 15.0. The first-order valence-corrected chi connectivity index (χ1v) is 53.4. The van der Waals surface area contributed by atoms with E-state index in [1.807, 2.05) is 36.4 Å². The molecule has 0 bridgehead atoms. The van der Waals surface area contributed by atoms with Crippen molar-refractivity contribution in [2.24, 2.45) is 0 Å². The number of rotatable bonds is 9. The number of halogens is 2. The summed E-state index contributed by atoms with van der Waals surface area (Å²) < 4.78 is 25.3. The predicted octanol–water partition coefficient (Wildman–Crippen LogP) is 28.4. The number of fused-ring (bicyclic) bond motifs is 13. The van der Waals surface area contributed by atoms with Crippen LogP contribution in [0.4, 0.5) is 0 Å². The van der Waals surface area contributed by atoms with Gasteiger partial charge in [-0.1, -0.05) is 205 Å². The Labute approximate surface area is 669 Å². The van der Waals surface area contributed by atoms with Crippen molar-refractivity contribution < 1.29 is 9.31 Å². The smallest absolute Gasteiger partial charge is 0.399 e. The second-order valence-corrected chi connectivity index (χ2v) is 61.8. The molecule has 21 heteroatoms. The van der Waals surface area contributed by atoms with E-state index in [0.717, 1.165) is 102 Å². The number of hydrogen-bond acceptors (Lipinski definition) is 6. The minimum atomic E-state index is -0.336. The molecule has 13 aromatic carbocycles. The Kier molecular flexibility index (Phi) is 23.2. The van der Waals surface area contributed by atoms with E-state index in [0.29, 0.717) is 6.99 Å². The van der Waals surface area contributed by atoms with Crippen LogP contribution in [0.5, 0.6) is 0 Å². The molecule has 1 aliphatic rings. The molecule has 536 valence electrons. The van der Waals surface area contributed by atoms with Gasteiger partial charge in [-0.25, -0.2) is 0 Å². The molecule has 19 rings (SSSR count). The van der Waals surface area contributed by atoms with Crippen LogP contribution < -0.4 is 16.3 Å². The van der Waals surface area contributed by atoms with E-state index in [1.165, 1.54) is 65.4 Å². The van der Waals surface area contributed by atoms with Crippen LogP contribution in [0.2, 0.25) is 0 Å². The van der Waals surface area contributed by atoms with Crippen LogP contribution in [0.3, 0.4) is 0 Å². The van der Waals surface area contributed by atoms with Gasteiger partial charge in [0.05, 0.1) is 44.3 Å². The largest absolute Gasteiger partial charge is 0.494 e. The van der Waals surface area contributed by atoms with Crippen LogP contribution >= 0.6 is 128 Å². The highest BCUT2D eigenvalue weighted by Gasteiger charge is 2.51. The maximum absolute atomic E-state index is 14.2. The molecule has 1 fully saturated rings. The molecule has 1 saturated heterocycles. The normalized spacial score (nSPS) is 13.4. The Morgan fingerprint density at radius 1 is 0.352 bits per heavy atom. The molecule has 6 heterocycles. The number of aromatic nitrogens is 3. The zero-order valence-corrected chi connectivity index (χ0v) is 72.8. The van der Waals surface area contributed by atoms with E-state index >= 15 is 0 Å². The summed E-state index contributed by atoms with van der Waals surface area (Å²) in [6.07, 6.45) is 0. The first-order valence-electron chi connectivity index (χ1n) is 34.6. The fraction of sp³-hybridized carbons (Fsp3) is 0.0805. The van der Waals surface area contributed by atoms with Crippen molar-refractivity contribution in [3.63, 3.8) is 0 Å². The van der Waals surface area contributed by atoms with Gasteiger partial charge in [0.15, 0.2) is 10.9 Å². The molecular formula is C87H75BBr2N3O4P9S2. The second-order valence-electron chi connectivity index (χ2n) is 27.1. The molecular weight excluding hydrogens is 1660 g/mol. The average molecular weight is 1740 g/mol.